The number of nitrogens with one attached hydrogen (secondary N) is 3. The number of carbonyl (C=O) groups is 6. The van der Waals surface area contributed by atoms with E-state index < -0.39 is 66.6 Å². The zero-order chi connectivity index (χ0) is 24.0. The Bertz CT molecular complexity index is 671. The normalized spacial score (nSPS) is 13.4. The number of hydrogen-bond acceptors (Lipinski definition) is 8. The van der Waals surface area contributed by atoms with Crippen molar-refractivity contribution in [2.45, 2.75) is 56.7 Å². The van der Waals surface area contributed by atoms with E-state index in [2.05, 4.69) is 16.0 Å². The minimum absolute atomic E-state index is 0.286. The summed E-state index contributed by atoms with van der Waals surface area (Å²) < 4.78 is 0. The molecule has 0 spiro atoms. The standard InChI is InChI=1S/C17H31N7O7/c18-6-2-1-3-9(19)15(28)22-8-14(27)23-11(7-13(21)26)16(29)24-10(17(30)31)4-5-12(20)25/h9-11H,1-8,18-19H2,(H2,20,25)(H2,21,26)(H,22,28)(H,23,27)(H,24,29)(H,30,31). The van der Waals surface area contributed by atoms with Crippen LogP contribution in [-0.4, -0.2) is 71.8 Å². The van der Waals surface area contributed by atoms with Crippen molar-refractivity contribution in [3.8, 4) is 0 Å². The first-order chi connectivity index (χ1) is 14.5. The molecule has 12 N–H and O–H groups in total. The van der Waals surface area contributed by atoms with E-state index in [1.165, 1.54) is 0 Å². The lowest BCUT2D eigenvalue weighted by molar-refractivity contribution is -0.142. The van der Waals surface area contributed by atoms with E-state index in [1.54, 1.807) is 0 Å². The van der Waals surface area contributed by atoms with E-state index in [4.69, 9.17) is 28.0 Å². The van der Waals surface area contributed by atoms with Crippen LogP contribution >= 0.6 is 0 Å². The van der Waals surface area contributed by atoms with Gasteiger partial charge in [0.2, 0.25) is 29.5 Å². The van der Waals surface area contributed by atoms with Gasteiger partial charge < -0.3 is 44.0 Å². The average molecular weight is 445 g/mol. The minimum Gasteiger partial charge on any atom is -0.480 e. The molecule has 3 unspecified atom stereocenters. The van der Waals surface area contributed by atoms with Crippen molar-refractivity contribution >= 4 is 35.5 Å². The van der Waals surface area contributed by atoms with E-state index in [0.717, 1.165) is 0 Å². The van der Waals surface area contributed by atoms with Gasteiger partial charge in [-0.25, -0.2) is 4.79 Å². The molecule has 0 bridgehead atoms. The van der Waals surface area contributed by atoms with Gasteiger partial charge in [-0.2, -0.15) is 0 Å². The van der Waals surface area contributed by atoms with Gasteiger partial charge in [-0.1, -0.05) is 6.42 Å². The number of primary amides is 2. The third kappa shape index (κ3) is 12.8. The van der Waals surface area contributed by atoms with Crippen LogP contribution in [0, 0.1) is 0 Å². The van der Waals surface area contributed by atoms with Gasteiger partial charge >= 0.3 is 5.97 Å². The molecule has 0 fully saturated rings. The van der Waals surface area contributed by atoms with Crippen LogP contribution in [0.5, 0.6) is 0 Å². The Balaban J connectivity index is 4.84. The second kappa shape index (κ2) is 14.7. The summed E-state index contributed by atoms with van der Waals surface area (Å²) in [6, 6.07) is -3.81. The van der Waals surface area contributed by atoms with Crippen molar-refractivity contribution in [2.75, 3.05) is 13.1 Å². The van der Waals surface area contributed by atoms with Gasteiger partial charge in [0.05, 0.1) is 19.0 Å². The molecule has 14 nitrogen and oxygen atoms in total. The average Bonchev–Trinajstić information content (AvgIpc) is 2.67. The fraction of sp³-hybridized carbons (Fsp3) is 0.647. The number of hydrogen-bond donors (Lipinski definition) is 8. The molecule has 14 heteroatoms. The van der Waals surface area contributed by atoms with Crippen LogP contribution in [0.25, 0.3) is 0 Å². The number of carbonyl (C=O) groups excluding carboxylic acids is 5. The van der Waals surface area contributed by atoms with Crippen LogP contribution < -0.4 is 38.9 Å². The van der Waals surface area contributed by atoms with Gasteiger partial charge in [-0.3, -0.25) is 24.0 Å². The Kier molecular flexibility index (Phi) is 13.1. The van der Waals surface area contributed by atoms with Crippen LogP contribution in [0.4, 0.5) is 0 Å². The van der Waals surface area contributed by atoms with E-state index in [-0.39, 0.29) is 12.8 Å². The fourth-order valence-corrected chi connectivity index (χ4v) is 2.41. The molecule has 0 heterocycles. The highest BCUT2D eigenvalue weighted by molar-refractivity contribution is 5.95. The highest BCUT2D eigenvalue weighted by Crippen LogP contribution is 2.01. The van der Waals surface area contributed by atoms with Crippen LogP contribution in [0.15, 0.2) is 0 Å². The predicted octanol–water partition coefficient (Wildman–Crippen LogP) is -4.25. The first kappa shape index (κ1) is 27.7. The van der Waals surface area contributed by atoms with Crippen molar-refractivity contribution in [3.63, 3.8) is 0 Å². The van der Waals surface area contributed by atoms with Crippen molar-refractivity contribution in [3.05, 3.63) is 0 Å². The van der Waals surface area contributed by atoms with E-state index >= 15 is 0 Å². The zero-order valence-electron chi connectivity index (χ0n) is 17.1. The summed E-state index contributed by atoms with van der Waals surface area (Å²) in [5.74, 6) is -5.55. The Hall–Kier alpha value is -3.26. The summed E-state index contributed by atoms with van der Waals surface area (Å²) >= 11 is 0. The fourth-order valence-electron chi connectivity index (χ4n) is 2.41. The largest absolute Gasteiger partial charge is 0.480 e. The third-order valence-corrected chi connectivity index (χ3v) is 4.08. The van der Waals surface area contributed by atoms with Crippen LogP contribution in [0.2, 0.25) is 0 Å². The Labute approximate surface area is 178 Å². The molecule has 0 aliphatic heterocycles. The van der Waals surface area contributed by atoms with Crippen LogP contribution in [0.1, 0.15) is 38.5 Å². The quantitative estimate of drug-likeness (QED) is 0.107. The highest BCUT2D eigenvalue weighted by Gasteiger charge is 2.28. The summed E-state index contributed by atoms with van der Waals surface area (Å²) in [7, 11) is 0. The molecule has 0 radical (unpaired) electrons. The lowest BCUT2D eigenvalue weighted by atomic mass is 10.1. The monoisotopic (exact) mass is 445 g/mol. The van der Waals surface area contributed by atoms with Gasteiger partial charge in [-0.15, -0.1) is 0 Å². The van der Waals surface area contributed by atoms with Crippen LogP contribution in [-0.2, 0) is 28.8 Å². The van der Waals surface area contributed by atoms with Gasteiger partial charge in [0.1, 0.15) is 12.1 Å². The molecule has 0 rings (SSSR count). The first-order valence-corrected chi connectivity index (χ1v) is 9.60. The molecule has 31 heavy (non-hydrogen) atoms. The summed E-state index contributed by atoms with van der Waals surface area (Å²) in [4.78, 5) is 69.6. The predicted molar refractivity (Wildman–Crippen MR) is 108 cm³/mol. The Morgan fingerprint density at radius 2 is 1.48 bits per heavy atom. The van der Waals surface area contributed by atoms with Crippen molar-refractivity contribution in [1.82, 2.24) is 16.0 Å². The van der Waals surface area contributed by atoms with Gasteiger partial charge in [0.25, 0.3) is 0 Å². The van der Waals surface area contributed by atoms with E-state index in [0.29, 0.717) is 25.8 Å². The van der Waals surface area contributed by atoms with E-state index in [1.807, 2.05) is 0 Å². The molecule has 5 amide bonds. The summed E-state index contributed by atoms with van der Waals surface area (Å²) in [6.45, 7) is -0.0681. The maximum absolute atomic E-state index is 12.3. The van der Waals surface area contributed by atoms with Crippen LogP contribution in [0.3, 0.4) is 0 Å². The molecule has 0 aliphatic carbocycles. The number of nitrogens with two attached hydrogens (primary N) is 4. The topological polar surface area (TPSA) is 263 Å². The lowest BCUT2D eigenvalue weighted by Gasteiger charge is -2.20. The molecule has 176 valence electrons. The van der Waals surface area contributed by atoms with Gasteiger partial charge in [0.15, 0.2) is 0 Å². The number of rotatable bonds is 16. The van der Waals surface area contributed by atoms with Crippen molar-refractivity contribution < 1.29 is 33.9 Å². The lowest BCUT2D eigenvalue weighted by Crippen LogP contribution is -2.54. The number of carboxylic acids is 1. The molecule has 0 aliphatic rings. The van der Waals surface area contributed by atoms with Crippen molar-refractivity contribution in [1.29, 1.82) is 0 Å². The zero-order valence-corrected chi connectivity index (χ0v) is 17.1. The number of unbranched alkanes of at least 4 members (excludes halogenated alkanes) is 1. The molecule has 0 aromatic rings. The molecule has 0 saturated heterocycles. The van der Waals surface area contributed by atoms with Crippen molar-refractivity contribution in [2.24, 2.45) is 22.9 Å². The molecule has 0 aromatic heterocycles. The molecule has 0 saturated carbocycles. The molecular formula is C17H31N7O7. The SMILES string of the molecule is NCCCCC(N)C(=O)NCC(=O)NC(CC(N)=O)C(=O)NC(CCC(N)=O)C(=O)O. The summed E-state index contributed by atoms with van der Waals surface area (Å²) in [5.41, 5.74) is 21.1. The summed E-state index contributed by atoms with van der Waals surface area (Å²) in [6.07, 6.45) is 0.500. The number of carboxylic acid groups (broad SMARTS) is 1. The van der Waals surface area contributed by atoms with Gasteiger partial charge in [0, 0.05) is 6.42 Å². The smallest absolute Gasteiger partial charge is 0.326 e. The first-order valence-electron chi connectivity index (χ1n) is 9.60. The maximum Gasteiger partial charge on any atom is 0.326 e. The highest BCUT2D eigenvalue weighted by atomic mass is 16.4. The van der Waals surface area contributed by atoms with E-state index in [9.17, 15) is 28.8 Å². The Morgan fingerprint density at radius 3 is 2.00 bits per heavy atom. The third-order valence-electron chi connectivity index (χ3n) is 4.08. The summed E-state index contributed by atoms with van der Waals surface area (Å²) in [5, 5.41) is 15.7. The Morgan fingerprint density at radius 1 is 0.839 bits per heavy atom. The molecular weight excluding hydrogens is 414 g/mol. The second-order valence-electron chi connectivity index (χ2n) is 6.80. The molecule has 3 atom stereocenters. The number of amides is 5. The minimum atomic E-state index is -1.49. The second-order valence-corrected chi connectivity index (χ2v) is 6.80. The van der Waals surface area contributed by atoms with Gasteiger partial charge in [-0.05, 0) is 25.8 Å². The number of aliphatic carboxylic acids is 1. The molecule has 0 aromatic carbocycles. The maximum atomic E-state index is 12.3.